The largest absolute Gasteiger partial charge is 0.373 e. The Morgan fingerprint density at radius 2 is 1.85 bits per heavy atom. The number of amides is 1. The highest BCUT2D eigenvalue weighted by Gasteiger charge is 2.53. The molecule has 3 aliphatic rings. The van der Waals surface area contributed by atoms with Crippen LogP contribution in [-0.4, -0.2) is 54.2 Å². The molecule has 0 radical (unpaired) electrons. The van der Waals surface area contributed by atoms with Crippen LogP contribution >= 0.6 is 0 Å². The van der Waals surface area contributed by atoms with Gasteiger partial charge in [-0.15, -0.1) is 0 Å². The SMILES string of the molecule is CC1CN(CC(NC2CC2)(C(N)=O)C2CC2)CC(C)O1. The van der Waals surface area contributed by atoms with E-state index in [4.69, 9.17) is 10.5 Å². The average Bonchev–Trinajstić information content (AvgIpc) is 3.21. The van der Waals surface area contributed by atoms with Gasteiger partial charge in [-0.2, -0.15) is 0 Å². The number of rotatable bonds is 6. The summed E-state index contributed by atoms with van der Waals surface area (Å²) in [7, 11) is 0. The molecule has 1 saturated heterocycles. The van der Waals surface area contributed by atoms with Crippen molar-refractivity contribution in [2.75, 3.05) is 19.6 Å². The van der Waals surface area contributed by atoms with Crippen LogP contribution in [0.2, 0.25) is 0 Å². The fourth-order valence-electron chi connectivity index (χ4n) is 3.58. The summed E-state index contributed by atoms with van der Waals surface area (Å²) in [4.78, 5) is 14.6. The number of carbonyl (C=O) groups is 1. The molecule has 0 aromatic carbocycles. The molecular formula is C15H27N3O2. The third-order valence-corrected chi connectivity index (χ3v) is 4.72. The van der Waals surface area contributed by atoms with Gasteiger partial charge in [-0.1, -0.05) is 0 Å². The summed E-state index contributed by atoms with van der Waals surface area (Å²) in [6.45, 7) is 6.71. The van der Waals surface area contributed by atoms with E-state index < -0.39 is 5.54 Å². The van der Waals surface area contributed by atoms with Crippen LogP contribution in [0.15, 0.2) is 0 Å². The Hall–Kier alpha value is -0.650. The van der Waals surface area contributed by atoms with Crippen molar-refractivity contribution in [3.05, 3.63) is 0 Å². The molecule has 1 aliphatic heterocycles. The number of nitrogens with one attached hydrogen (secondary N) is 1. The van der Waals surface area contributed by atoms with Crippen LogP contribution in [0.3, 0.4) is 0 Å². The fraction of sp³-hybridized carbons (Fsp3) is 0.933. The molecule has 3 N–H and O–H groups in total. The maximum Gasteiger partial charge on any atom is 0.239 e. The monoisotopic (exact) mass is 281 g/mol. The molecular weight excluding hydrogens is 254 g/mol. The zero-order chi connectivity index (χ0) is 14.3. The first-order chi connectivity index (χ1) is 9.49. The van der Waals surface area contributed by atoms with Crippen molar-refractivity contribution < 1.29 is 9.53 Å². The van der Waals surface area contributed by atoms with Gasteiger partial charge in [-0.05, 0) is 45.4 Å². The number of nitrogens with zero attached hydrogens (tertiary/aromatic N) is 1. The Balaban J connectivity index is 1.73. The van der Waals surface area contributed by atoms with E-state index in [-0.39, 0.29) is 18.1 Å². The molecule has 3 fully saturated rings. The van der Waals surface area contributed by atoms with E-state index in [1.54, 1.807) is 0 Å². The smallest absolute Gasteiger partial charge is 0.239 e. The van der Waals surface area contributed by atoms with Gasteiger partial charge in [0.1, 0.15) is 5.54 Å². The van der Waals surface area contributed by atoms with Gasteiger partial charge in [0.05, 0.1) is 12.2 Å². The van der Waals surface area contributed by atoms with Crippen molar-refractivity contribution in [1.82, 2.24) is 10.2 Å². The summed E-state index contributed by atoms with van der Waals surface area (Å²) in [5, 5.41) is 3.59. The molecule has 5 nitrogen and oxygen atoms in total. The number of primary amides is 1. The summed E-state index contributed by atoms with van der Waals surface area (Å²) in [5.41, 5.74) is 5.30. The highest BCUT2D eigenvalue weighted by atomic mass is 16.5. The normalized spacial score (nSPS) is 34.7. The molecule has 0 aromatic rings. The van der Waals surface area contributed by atoms with E-state index in [0.717, 1.165) is 32.5 Å². The van der Waals surface area contributed by atoms with E-state index in [0.29, 0.717) is 12.0 Å². The number of carbonyl (C=O) groups excluding carboxylic acids is 1. The van der Waals surface area contributed by atoms with Gasteiger partial charge >= 0.3 is 0 Å². The quantitative estimate of drug-likeness (QED) is 0.743. The lowest BCUT2D eigenvalue weighted by molar-refractivity contribution is -0.129. The molecule has 20 heavy (non-hydrogen) atoms. The molecule has 5 heteroatoms. The minimum Gasteiger partial charge on any atom is -0.373 e. The van der Waals surface area contributed by atoms with Crippen LogP contribution in [0.5, 0.6) is 0 Å². The Labute approximate surface area is 121 Å². The molecule has 3 atom stereocenters. The third kappa shape index (κ3) is 3.00. The summed E-state index contributed by atoms with van der Waals surface area (Å²) in [6, 6.07) is 0.499. The molecule has 0 aromatic heterocycles. The zero-order valence-electron chi connectivity index (χ0n) is 12.6. The lowest BCUT2D eigenvalue weighted by atomic mass is 9.90. The van der Waals surface area contributed by atoms with Crippen molar-refractivity contribution in [1.29, 1.82) is 0 Å². The van der Waals surface area contributed by atoms with Crippen LogP contribution in [0.4, 0.5) is 0 Å². The number of hydrogen-bond donors (Lipinski definition) is 2. The Morgan fingerprint density at radius 1 is 1.25 bits per heavy atom. The standard InChI is InChI=1S/C15H27N3O2/c1-10-7-18(8-11(2)20-10)9-15(14(16)19,12-3-4-12)17-13-5-6-13/h10-13,17H,3-9H2,1-2H3,(H2,16,19). The van der Waals surface area contributed by atoms with Crippen LogP contribution in [0.25, 0.3) is 0 Å². The number of hydrogen-bond acceptors (Lipinski definition) is 4. The molecule has 3 rings (SSSR count). The molecule has 1 heterocycles. The molecule has 2 saturated carbocycles. The predicted octanol–water partition coefficient (Wildman–Crippen LogP) is 0.482. The van der Waals surface area contributed by atoms with E-state index >= 15 is 0 Å². The lowest BCUT2D eigenvalue weighted by Crippen LogP contribution is -2.65. The van der Waals surface area contributed by atoms with Gasteiger partial charge < -0.3 is 10.5 Å². The highest BCUT2D eigenvalue weighted by Crippen LogP contribution is 2.42. The second-order valence-electron chi connectivity index (χ2n) is 6.98. The van der Waals surface area contributed by atoms with Crippen LogP contribution < -0.4 is 11.1 Å². The fourth-order valence-corrected chi connectivity index (χ4v) is 3.58. The predicted molar refractivity (Wildman–Crippen MR) is 77.3 cm³/mol. The van der Waals surface area contributed by atoms with E-state index in [9.17, 15) is 4.79 Å². The first-order valence-electron chi connectivity index (χ1n) is 7.95. The van der Waals surface area contributed by atoms with Crippen molar-refractivity contribution in [2.24, 2.45) is 11.7 Å². The van der Waals surface area contributed by atoms with Gasteiger partial charge in [0.15, 0.2) is 0 Å². The van der Waals surface area contributed by atoms with Gasteiger partial charge in [0.2, 0.25) is 5.91 Å². The topological polar surface area (TPSA) is 67.6 Å². The van der Waals surface area contributed by atoms with Crippen molar-refractivity contribution in [3.8, 4) is 0 Å². The highest BCUT2D eigenvalue weighted by molar-refractivity contribution is 5.86. The van der Waals surface area contributed by atoms with Crippen molar-refractivity contribution in [3.63, 3.8) is 0 Å². The summed E-state index contributed by atoms with van der Waals surface area (Å²) >= 11 is 0. The van der Waals surface area contributed by atoms with Crippen LogP contribution in [0, 0.1) is 5.92 Å². The first-order valence-corrected chi connectivity index (χ1v) is 7.95. The molecule has 114 valence electrons. The minimum atomic E-state index is -0.516. The van der Waals surface area contributed by atoms with E-state index in [1.165, 1.54) is 12.8 Å². The molecule has 2 aliphatic carbocycles. The first kappa shape index (κ1) is 14.3. The van der Waals surface area contributed by atoms with Crippen LogP contribution in [0.1, 0.15) is 39.5 Å². The maximum absolute atomic E-state index is 12.2. The lowest BCUT2D eigenvalue weighted by Gasteiger charge is -2.42. The summed E-state index contributed by atoms with van der Waals surface area (Å²) in [5.74, 6) is 0.257. The van der Waals surface area contributed by atoms with Crippen LogP contribution in [-0.2, 0) is 9.53 Å². The molecule has 1 amide bonds. The second-order valence-corrected chi connectivity index (χ2v) is 6.98. The second kappa shape index (κ2) is 5.28. The minimum absolute atomic E-state index is 0.168. The Bertz CT molecular complexity index is 371. The number of morpholine rings is 1. The summed E-state index contributed by atoms with van der Waals surface area (Å²) < 4.78 is 5.78. The number of nitrogens with two attached hydrogens (primary N) is 1. The van der Waals surface area contributed by atoms with Gasteiger partial charge in [0, 0.05) is 25.7 Å². The van der Waals surface area contributed by atoms with E-state index in [2.05, 4.69) is 24.1 Å². The van der Waals surface area contributed by atoms with Crippen molar-refractivity contribution >= 4 is 5.91 Å². The van der Waals surface area contributed by atoms with Gasteiger partial charge in [-0.3, -0.25) is 15.0 Å². The van der Waals surface area contributed by atoms with Crippen molar-refractivity contribution in [2.45, 2.75) is 63.3 Å². The van der Waals surface area contributed by atoms with E-state index in [1.807, 2.05) is 0 Å². The molecule has 3 unspecified atom stereocenters. The average molecular weight is 281 g/mol. The summed E-state index contributed by atoms with van der Waals surface area (Å²) in [6.07, 6.45) is 5.06. The van der Waals surface area contributed by atoms with Gasteiger partial charge in [-0.25, -0.2) is 0 Å². The Morgan fingerprint density at radius 3 is 2.30 bits per heavy atom. The zero-order valence-corrected chi connectivity index (χ0v) is 12.6. The third-order valence-electron chi connectivity index (χ3n) is 4.72. The maximum atomic E-state index is 12.2. The Kier molecular flexibility index (Phi) is 3.77. The molecule has 0 bridgehead atoms. The molecule has 0 spiro atoms. The number of ether oxygens (including phenoxy) is 1. The van der Waals surface area contributed by atoms with Gasteiger partial charge in [0.25, 0.3) is 0 Å².